The van der Waals surface area contributed by atoms with Crippen molar-refractivity contribution in [2.24, 2.45) is 0 Å². The fourth-order valence-corrected chi connectivity index (χ4v) is 4.14. The lowest BCUT2D eigenvalue weighted by molar-refractivity contribution is -0.384. The maximum atomic E-state index is 12.9. The van der Waals surface area contributed by atoms with Gasteiger partial charge < -0.3 is 5.32 Å². The zero-order valence-corrected chi connectivity index (χ0v) is 17.1. The summed E-state index contributed by atoms with van der Waals surface area (Å²) in [6.07, 6.45) is 1.10. The number of anilines is 2. The number of sulfonamides is 1. The first-order valence-electron chi connectivity index (χ1n) is 8.36. The lowest BCUT2D eigenvalue weighted by atomic mass is 10.1. The number of nitrogens with one attached hydrogen (secondary N) is 1. The minimum atomic E-state index is -3.90. The lowest BCUT2D eigenvalue weighted by Gasteiger charge is -2.30. The van der Waals surface area contributed by atoms with Gasteiger partial charge in [0.1, 0.15) is 6.04 Å². The van der Waals surface area contributed by atoms with E-state index < -0.39 is 26.9 Å². The minimum absolute atomic E-state index is 0.0431. The molecule has 0 bridgehead atoms. The van der Waals surface area contributed by atoms with Gasteiger partial charge in [0.25, 0.3) is 5.69 Å². The quantitative estimate of drug-likeness (QED) is 0.536. The van der Waals surface area contributed by atoms with Crippen molar-refractivity contribution in [3.8, 4) is 0 Å². The second-order valence-electron chi connectivity index (χ2n) is 6.16. The number of hydrogen-bond donors (Lipinski definition) is 1. The van der Waals surface area contributed by atoms with E-state index in [1.807, 2.05) is 0 Å². The molecular weight excluding hydrogens is 406 g/mol. The van der Waals surface area contributed by atoms with Gasteiger partial charge in [-0.3, -0.25) is 19.2 Å². The van der Waals surface area contributed by atoms with Gasteiger partial charge in [0.15, 0.2) is 0 Å². The van der Waals surface area contributed by atoms with Crippen LogP contribution in [0.25, 0.3) is 0 Å². The van der Waals surface area contributed by atoms with Gasteiger partial charge in [-0.05, 0) is 37.1 Å². The van der Waals surface area contributed by atoms with Gasteiger partial charge in [0, 0.05) is 22.8 Å². The van der Waals surface area contributed by atoms with Gasteiger partial charge in [-0.25, -0.2) is 8.42 Å². The standard InChI is InChI=1S/C18H20ClN3O5S/c1-4-17(18(23)20-16-10-6-9-15(19)12(16)2)21(28(3,26)27)13-7-5-8-14(11-13)22(24)25/h5-11,17H,4H2,1-3H3,(H,20,23). The first-order chi connectivity index (χ1) is 13.1. The third kappa shape index (κ3) is 4.79. The summed E-state index contributed by atoms with van der Waals surface area (Å²) in [5.74, 6) is -0.565. The van der Waals surface area contributed by atoms with Crippen molar-refractivity contribution in [1.29, 1.82) is 0 Å². The maximum Gasteiger partial charge on any atom is 0.271 e. The third-order valence-electron chi connectivity index (χ3n) is 4.15. The van der Waals surface area contributed by atoms with E-state index in [-0.39, 0.29) is 17.8 Å². The Hall–Kier alpha value is -2.65. The van der Waals surface area contributed by atoms with Crippen molar-refractivity contribution >= 4 is 44.6 Å². The number of hydrogen-bond acceptors (Lipinski definition) is 5. The molecule has 1 unspecified atom stereocenters. The summed E-state index contributed by atoms with van der Waals surface area (Å²) >= 11 is 6.07. The van der Waals surface area contributed by atoms with Crippen LogP contribution in [0.5, 0.6) is 0 Å². The van der Waals surface area contributed by atoms with Crippen molar-refractivity contribution < 1.29 is 18.1 Å². The summed E-state index contributed by atoms with van der Waals surface area (Å²) in [5.41, 5.74) is 0.880. The Morgan fingerprint density at radius 2 is 1.93 bits per heavy atom. The van der Waals surface area contributed by atoms with Crippen LogP contribution >= 0.6 is 11.6 Å². The Labute approximate surface area is 168 Å². The molecule has 0 aliphatic carbocycles. The number of nitro groups is 1. The van der Waals surface area contributed by atoms with E-state index in [2.05, 4.69) is 5.32 Å². The van der Waals surface area contributed by atoms with Gasteiger partial charge in [0.05, 0.1) is 16.9 Å². The molecule has 0 saturated heterocycles. The van der Waals surface area contributed by atoms with Crippen LogP contribution in [0.1, 0.15) is 18.9 Å². The highest BCUT2D eigenvalue weighted by atomic mass is 35.5. The Morgan fingerprint density at radius 3 is 2.50 bits per heavy atom. The summed E-state index contributed by atoms with van der Waals surface area (Å²) in [4.78, 5) is 23.3. The van der Waals surface area contributed by atoms with Crippen LogP contribution < -0.4 is 9.62 Å². The van der Waals surface area contributed by atoms with E-state index in [9.17, 15) is 23.3 Å². The highest BCUT2D eigenvalue weighted by molar-refractivity contribution is 7.92. The molecule has 2 aromatic rings. The smallest absolute Gasteiger partial charge is 0.271 e. The molecule has 1 amide bonds. The molecule has 0 aromatic heterocycles. The number of carbonyl (C=O) groups is 1. The summed E-state index contributed by atoms with van der Waals surface area (Å²) in [5, 5.41) is 14.2. The molecule has 0 saturated carbocycles. The summed E-state index contributed by atoms with van der Waals surface area (Å²) < 4.78 is 25.8. The highest BCUT2D eigenvalue weighted by Crippen LogP contribution is 2.28. The van der Waals surface area contributed by atoms with Crippen LogP contribution in [0.4, 0.5) is 17.1 Å². The Balaban J connectivity index is 2.46. The van der Waals surface area contributed by atoms with Crippen molar-refractivity contribution in [2.75, 3.05) is 15.9 Å². The van der Waals surface area contributed by atoms with E-state index in [4.69, 9.17) is 11.6 Å². The molecule has 10 heteroatoms. The average molecular weight is 426 g/mol. The van der Waals surface area contributed by atoms with Gasteiger partial charge in [-0.2, -0.15) is 0 Å². The number of rotatable bonds is 7. The predicted octanol–water partition coefficient (Wildman–Crippen LogP) is 3.74. The van der Waals surface area contributed by atoms with E-state index in [1.165, 1.54) is 18.2 Å². The number of carbonyl (C=O) groups excluding carboxylic acids is 1. The normalized spacial score (nSPS) is 12.3. The Morgan fingerprint density at radius 1 is 1.29 bits per heavy atom. The van der Waals surface area contributed by atoms with Crippen LogP contribution in [0, 0.1) is 17.0 Å². The molecule has 0 aliphatic heterocycles. The van der Waals surface area contributed by atoms with Gasteiger partial charge in [0.2, 0.25) is 15.9 Å². The molecule has 1 N–H and O–H groups in total. The first kappa shape index (κ1) is 21.6. The van der Waals surface area contributed by atoms with E-state index in [0.29, 0.717) is 16.3 Å². The monoisotopic (exact) mass is 425 g/mol. The van der Waals surface area contributed by atoms with Crippen molar-refractivity contribution in [3.63, 3.8) is 0 Å². The average Bonchev–Trinajstić information content (AvgIpc) is 2.62. The first-order valence-corrected chi connectivity index (χ1v) is 10.6. The van der Waals surface area contributed by atoms with Crippen LogP contribution in [0.2, 0.25) is 5.02 Å². The fourth-order valence-electron chi connectivity index (χ4n) is 2.76. The van der Waals surface area contributed by atoms with Gasteiger partial charge in [-0.15, -0.1) is 0 Å². The second kappa shape index (κ2) is 8.57. The molecule has 2 aromatic carbocycles. The SMILES string of the molecule is CCC(C(=O)Nc1cccc(Cl)c1C)N(c1cccc([N+](=O)[O-])c1)S(C)(=O)=O. The molecule has 8 nitrogen and oxygen atoms in total. The van der Waals surface area contributed by atoms with E-state index >= 15 is 0 Å². The molecule has 0 radical (unpaired) electrons. The lowest BCUT2D eigenvalue weighted by Crippen LogP contribution is -2.47. The molecule has 28 heavy (non-hydrogen) atoms. The number of halogens is 1. The Bertz CT molecular complexity index is 1010. The topological polar surface area (TPSA) is 110 Å². The van der Waals surface area contributed by atoms with Crippen molar-refractivity contribution in [2.45, 2.75) is 26.3 Å². The van der Waals surface area contributed by atoms with Gasteiger partial charge >= 0.3 is 0 Å². The van der Waals surface area contributed by atoms with E-state index in [0.717, 1.165) is 16.6 Å². The molecule has 0 fully saturated rings. The van der Waals surface area contributed by atoms with Crippen LogP contribution in [-0.2, 0) is 14.8 Å². The predicted molar refractivity (Wildman–Crippen MR) is 109 cm³/mol. The van der Waals surface area contributed by atoms with E-state index in [1.54, 1.807) is 32.0 Å². The minimum Gasteiger partial charge on any atom is -0.324 e. The maximum absolute atomic E-state index is 12.9. The highest BCUT2D eigenvalue weighted by Gasteiger charge is 2.32. The largest absolute Gasteiger partial charge is 0.324 e. The molecule has 1 atom stereocenters. The summed E-state index contributed by atoms with van der Waals surface area (Å²) in [6.45, 7) is 3.39. The van der Waals surface area contributed by atoms with Crippen LogP contribution in [0.3, 0.4) is 0 Å². The van der Waals surface area contributed by atoms with Crippen LogP contribution in [-0.4, -0.2) is 31.5 Å². The number of nitrogens with zero attached hydrogens (tertiary/aromatic N) is 2. The fraction of sp³-hybridized carbons (Fsp3) is 0.278. The van der Waals surface area contributed by atoms with Gasteiger partial charge in [-0.1, -0.05) is 30.7 Å². The molecular formula is C18H20ClN3O5S. The zero-order valence-electron chi connectivity index (χ0n) is 15.5. The van der Waals surface area contributed by atoms with Crippen molar-refractivity contribution in [1.82, 2.24) is 0 Å². The molecule has 2 rings (SSSR count). The number of benzene rings is 2. The molecule has 0 aliphatic rings. The second-order valence-corrected chi connectivity index (χ2v) is 8.43. The molecule has 0 spiro atoms. The molecule has 150 valence electrons. The number of nitro benzene ring substituents is 1. The van der Waals surface area contributed by atoms with Crippen LogP contribution in [0.15, 0.2) is 42.5 Å². The number of non-ortho nitro benzene ring substituents is 1. The Kier molecular flexibility index (Phi) is 6.63. The zero-order chi connectivity index (χ0) is 21.1. The summed E-state index contributed by atoms with van der Waals surface area (Å²) in [7, 11) is -3.90. The third-order valence-corrected chi connectivity index (χ3v) is 5.74. The number of amides is 1. The summed E-state index contributed by atoms with van der Waals surface area (Å²) in [6, 6.07) is 9.06. The molecule has 0 heterocycles. The van der Waals surface area contributed by atoms with Crippen molar-refractivity contribution in [3.05, 3.63) is 63.2 Å².